The van der Waals surface area contributed by atoms with Gasteiger partial charge in [-0.05, 0) is 12.8 Å². The normalized spacial score (nSPS) is 19.5. The van der Waals surface area contributed by atoms with E-state index in [1.54, 1.807) is 0 Å². The number of amides is 1. The van der Waals surface area contributed by atoms with Crippen LogP contribution in [0.1, 0.15) is 12.8 Å². The standard InChI is InChI=1S/C9H12N2O4/c1-15-9(14)7-3-2-4-11(7)8(13)5-10-6-12/h7H,2-5H2,1H3/t7-/m0/s1. The van der Waals surface area contributed by atoms with Crippen LogP contribution in [0, 0.1) is 0 Å². The number of methoxy groups -OCH3 is 1. The number of hydrogen-bond acceptors (Lipinski definition) is 5. The van der Waals surface area contributed by atoms with Crippen LogP contribution in [0.2, 0.25) is 0 Å². The highest BCUT2D eigenvalue weighted by Crippen LogP contribution is 2.18. The van der Waals surface area contributed by atoms with Gasteiger partial charge in [-0.1, -0.05) is 0 Å². The van der Waals surface area contributed by atoms with E-state index in [0.717, 1.165) is 6.42 Å². The second kappa shape index (κ2) is 5.26. The van der Waals surface area contributed by atoms with E-state index in [1.807, 2.05) is 0 Å². The van der Waals surface area contributed by atoms with Crippen molar-refractivity contribution in [3.8, 4) is 0 Å². The molecule has 0 bridgehead atoms. The van der Waals surface area contributed by atoms with Crippen LogP contribution in [0.4, 0.5) is 0 Å². The third-order valence-electron chi connectivity index (χ3n) is 2.33. The number of aliphatic imine (C=N–C) groups is 1. The molecule has 0 spiro atoms. The molecule has 1 atom stereocenters. The highest BCUT2D eigenvalue weighted by molar-refractivity contribution is 5.86. The van der Waals surface area contributed by atoms with E-state index in [9.17, 15) is 14.4 Å². The second-order valence-electron chi connectivity index (χ2n) is 3.18. The summed E-state index contributed by atoms with van der Waals surface area (Å²) in [5.41, 5.74) is 0. The van der Waals surface area contributed by atoms with Crippen molar-refractivity contribution in [1.29, 1.82) is 0 Å². The smallest absolute Gasteiger partial charge is 0.328 e. The Morgan fingerprint density at radius 2 is 2.33 bits per heavy atom. The van der Waals surface area contributed by atoms with Gasteiger partial charge in [0.25, 0.3) is 0 Å². The largest absolute Gasteiger partial charge is 0.467 e. The molecule has 1 aliphatic heterocycles. The Kier molecular flexibility index (Phi) is 4.00. The number of nitrogens with zero attached hydrogens (tertiary/aromatic N) is 2. The molecule has 0 radical (unpaired) electrons. The Balaban J connectivity index is 2.63. The molecule has 15 heavy (non-hydrogen) atoms. The van der Waals surface area contributed by atoms with Gasteiger partial charge in [0, 0.05) is 6.54 Å². The number of carbonyl (C=O) groups excluding carboxylic acids is 3. The quantitative estimate of drug-likeness (QED) is 0.358. The molecule has 0 aliphatic carbocycles. The summed E-state index contributed by atoms with van der Waals surface area (Å²) in [5.74, 6) is -0.762. The minimum Gasteiger partial charge on any atom is -0.467 e. The Morgan fingerprint density at radius 3 is 2.93 bits per heavy atom. The Hall–Kier alpha value is -1.68. The minimum atomic E-state index is -0.524. The van der Waals surface area contributed by atoms with E-state index in [2.05, 4.69) is 9.73 Å². The topological polar surface area (TPSA) is 76.0 Å². The maximum Gasteiger partial charge on any atom is 0.328 e. The highest BCUT2D eigenvalue weighted by Gasteiger charge is 2.34. The monoisotopic (exact) mass is 212 g/mol. The number of likely N-dealkylation sites (tertiary alicyclic amines) is 1. The van der Waals surface area contributed by atoms with E-state index in [1.165, 1.54) is 18.1 Å². The van der Waals surface area contributed by atoms with Gasteiger partial charge in [0.1, 0.15) is 12.6 Å². The van der Waals surface area contributed by atoms with Crippen molar-refractivity contribution in [3.63, 3.8) is 0 Å². The zero-order valence-corrected chi connectivity index (χ0v) is 8.43. The summed E-state index contributed by atoms with van der Waals surface area (Å²) in [6.07, 6.45) is 2.65. The molecule has 6 nitrogen and oxygen atoms in total. The lowest BCUT2D eigenvalue weighted by Crippen LogP contribution is -2.42. The predicted molar refractivity (Wildman–Crippen MR) is 49.7 cm³/mol. The summed E-state index contributed by atoms with van der Waals surface area (Å²) >= 11 is 0. The predicted octanol–water partition coefficient (Wildman–Crippen LogP) is -0.514. The van der Waals surface area contributed by atoms with Gasteiger partial charge in [-0.25, -0.2) is 9.59 Å². The fourth-order valence-corrected chi connectivity index (χ4v) is 1.64. The van der Waals surface area contributed by atoms with Crippen LogP contribution in [0.25, 0.3) is 0 Å². The average molecular weight is 212 g/mol. The van der Waals surface area contributed by atoms with Crippen molar-refractivity contribution in [1.82, 2.24) is 4.90 Å². The van der Waals surface area contributed by atoms with Crippen molar-refractivity contribution >= 4 is 18.0 Å². The lowest BCUT2D eigenvalue weighted by molar-refractivity contribution is -0.150. The Bertz CT molecular complexity index is 309. The average Bonchev–Trinajstić information content (AvgIpc) is 2.73. The van der Waals surface area contributed by atoms with Crippen LogP contribution >= 0.6 is 0 Å². The van der Waals surface area contributed by atoms with E-state index in [4.69, 9.17) is 0 Å². The molecular formula is C9H12N2O4. The molecular weight excluding hydrogens is 200 g/mol. The Morgan fingerprint density at radius 1 is 1.60 bits per heavy atom. The zero-order valence-electron chi connectivity index (χ0n) is 8.43. The van der Waals surface area contributed by atoms with Crippen LogP contribution in [0.3, 0.4) is 0 Å². The molecule has 1 fully saturated rings. The molecule has 82 valence electrons. The third kappa shape index (κ3) is 2.63. The zero-order chi connectivity index (χ0) is 11.3. The summed E-state index contributed by atoms with van der Waals surface area (Å²) in [6.45, 7) is 0.254. The third-order valence-corrected chi connectivity index (χ3v) is 2.33. The van der Waals surface area contributed by atoms with Gasteiger partial charge in [-0.2, -0.15) is 4.99 Å². The molecule has 1 rings (SSSR count). The van der Waals surface area contributed by atoms with Crippen LogP contribution in [-0.2, 0) is 19.1 Å². The molecule has 1 amide bonds. The molecule has 1 heterocycles. The van der Waals surface area contributed by atoms with E-state index >= 15 is 0 Å². The van der Waals surface area contributed by atoms with Crippen LogP contribution in [0.5, 0.6) is 0 Å². The van der Waals surface area contributed by atoms with Gasteiger partial charge in [-0.15, -0.1) is 0 Å². The first-order valence-electron chi connectivity index (χ1n) is 4.61. The van der Waals surface area contributed by atoms with E-state index in [-0.39, 0.29) is 12.5 Å². The maximum absolute atomic E-state index is 11.5. The molecule has 0 aromatic carbocycles. The van der Waals surface area contributed by atoms with Crippen molar-refractivity contribution in [2.24, 2.45) is 4.99 Å². The van der Waals surface area contributed by atoms with Crippen molar-refractivity contribution < 1.29 is 19.1 Å². The van der Waals surface area contributed by atoms with Gasteiger partial charge < -0.3 is 9.64 Å². The lowest BCUT2D eigenvalue weighted by Gasteiger charge is -2.21. The number of carbonyl (C=O) groups is 2. The van der Waals surface area contributed by atoms with E-state index in [0.29, 0.717) is 13.0 Å². The summed E-state index contributed by atoms with van der Waals surface area (Å²) in [4.78, 5) is 37.2. The van der Waals surface area contributed by atoms with Gasteiger partial charge in [0.15, 0.2) is 0 Å². The number of esters is 1. The lowest BCUT2D eigenvalue weighted by atomic mass is 10.2. The van der Waals surface area contributed by atoms with E-state index < -0.39 is 12.0 Å². The van der Waals surface area contributed by atoms with Crippen molar-refractivity contribution in [2.75, 3.05) is 20.2 Å². The molecule has 0 aromatic rings. The van der Waals surface area contributed by atoms with Crippen LogP contribution in [-0.4, -0.2) is 49.1 Å². The first-order chi connectivity index (χ1) is 7.20. The SMILES string of the molecule is COC(=O)[C@@H]1CCCN1C(=O)CN=C=O. The minimum absolute atomic E-state index is 0.253. The van der Waals surface area contributed by atoms with Gasteiger partial charge in [0.2, 0.25) is 12.0 Å². The molecule has 1 aliphatic rings. The second-order valence-corrected chi connectivity index (χ2v) is 3.18. The molecule has 0 saturated carbocycles. The first-order valence-corrected chi connectivity index (χ1v) is 4.61. The molecule has 1 saturated heterocycles. The Labute approximate surface area is 86.9 Å². The fraction of sp³-hybridized carbons (Fsp3) is 0.667. The van der Waals surface area contributed by atoms with Crippen LogP contribution < -0.4 is 0 Å². The van der Waals surface area contributed by atoms with Crippen molar-refractivity contribution in [2.45, 2.75) is 18.9 Å². The number of rotatable bonds is 3. The highest BCUT2D eigenvalue weighted by atomic mass is 16.5. The molecule has 0 N–H and O–H groups in total. The number of hydrogen-bond donors (Lipinski definition) is 0. The van der Waals surface area contributed by atoms with Gasteiger partial charge in [0.05, 0.1) is 7.11 Å². The maximum atomic E-state index is 11.5. The van der Waals surface area contributed by atoms with Gasteiger partial charge >= 0.3 is 5.97 Å². The number of ether oxygens (including phenoxy) is 1. The summed E-state index contributed by atoms with van der Waals surface area (Å²) < 4.78 is 4.58. The van der Waals surface area contributed by atoms with Crippen LogP contribution in [0.15, 0.2) is 4.99 Å². The molecule has 0 aromatic heterocycles. The first kappa shape index (κ1) is 11.4. The summed E-state index contributed by atoms with van der Waals surface area (Å²) in [5, 5.41) is 0. The number of isocyanates is 1. The summed E-state index contributed by atoms with van der Waals surface area (Å²) in [6, 6.07) is -0.524. The molecule has 0 unspecified atom stereocenters. The fourth-order valence-electron chi connectivity index (χ4n) is 1.64. The van der Waals surface area contributed by atoms with Crippen molar-refractivity contribution in [3.05, 3.63) is 0 Å². The summed E-state index contributed by atoms with van der Waals surface area (Å²) in [7, 11) is 1.28. The van der Waals surface area contributed by atoms with Gasteiger partial charge in [-0.3, -0.25) is 4.79 Å². The molecule has 6 heteroatoms.